The second kappa shape index (κ2) is 15.8. The van der Waals surface area contributed by atoms with Gasteiger partial charge in [0.2, 0.25) is 0 Å². The molecule has 3 aromatic heterocycles. The number of rotatable bonds is 6. The predicted molar refractivity (Wildman–Crippen MR) is 217 cm³/mol. The van der Waals surface area contributed by atoms with E-state index in [2.05, 4.69) is 84.6 Å². The summed E-state index contributed by atoms with van der Waals surface area (Å²) >= 11 is -1.72. The summed E-state index contributed by atoms with van der Waals surface area (Å²) in [7, 11) is 0. The van der Waals surface area contributed by atoms with Crippen LogP contribution in [0.1, 0.15) is 56.2 Å². The summed E-state index contributed by atoms with van der Waals surface area (Å²) in [5, 5.41) is 2.04. The predicted octanol–water partition coefficient (Wildman–Crippen LogP) is 12.4. The fraction of sp³-hybridized carbons (Fsp3) is 0.277. The molecule has 0 unspecified atom stereocenters. The fourth-order valence-electron chi connectivity index (χ4n) is 7.65. The molecule has 0 spiro atoms. The van der Waals surface area contributed by atoms with Gasteiger partial charge in [-0.3, -0.25) is 0 Å². The first-order chi connectivity index (χ1) is 24.9. The van der Waals surface area contributed by atoms with E-state index in [1.807, 2.05) is 80.8 Å². The van der Waals surface area contributed by atoms with E-state index >= 15 is 0 Å². The van der Waals surface area contributed by atoms with E-state index in [4.69, 9.17) is 9.40 Å². The molecule has 1 saturated carbocycles. The standard InChI is InChI=1S/C33H31FNO.C14H16GeN.Ir/c1-20-15-22(16-21(2)32(20)34)27-17-23(18-30-31(27)26-11-7-8-12-29(26)36-30)28-19-25(13-14-35-28)33(3,4)24-9-5-6-10-24;1-15(2,3)13-9-10-14(16-11-13)12-7-5-4-6-8-12;/h7-8,11-17,19,24H,5-6,9-10H2,1-4H3;4-7,9-11H,1-3H3;/q2*-1;. The fourth-order valence-corrected chi connectivity index (χ4v) is 9.83. The van der Waals surface area contributed by atoms with E-state index < -0.39 is 13.3 Å². The van der Waals surface area contributed by atoms with Crippen LogP contribution >= 0.6 is 0 Å². The van der Waals surface area contributed by atoms with Gasteiger partial charge in [-0.05, 0) is 88.9 Å². The van der Waals surface area contributed by atoms with Gasteiger partial charge in [0, 0.05) is 26.3 Å². The molecule has 1 aliphatic carbocycles. The van der Waals surface area contributed by atoms with Crippen LogP contribution in [0.3, 0.4) is 0 Å². The van der Waals surface area contributed by atoms with Gasteiger partial charge in [-0.2, -0.15) is 0 Å². The van der Waals surface area contributed by atoms with Crippen LogP contribution in [0.4, 0.5) is 4.39 Å². The molecule has 0 atom stereocenters. The van der Waals surface area contributed by atoms with Gasteiger partial charge in [0.1, 0.15) is 11.4 Å². The third-order valence-electron chi connectivity index (χ3n) is 10.9. The van der Waals surface area contributed by atoms with Crippen molar-refractivity contribution in [2.75, 3.05) is 0 Å². The average Bonchev–Trinajstić information content (AvgIpc) is 3.83. The zero-order valence-corrected chi connectivity index (χ0v) is 36.2. The largest absolute Gasteiger partial charge is 0 e. The Morgan fingerprint density at radius 3 is 2.19 bits per heavy atom. The van der Waals surface area contributed by atoms with Crippen molar-refractivity contribution < 1.29 is 28.9 Å². The van der Waals surface area contributed by atoms with Gasteiger partial charge < -0.3 is 9.40 Å². The van der Waals surface area contributed by atoms with Crippen molar-refractivity contribution in [3.63, 3.8) is 0 Å². The van der Waals surface area contributed by atoms with Gasteiger partial charge in [-0.1, -0.05) is 74.7 Å². The molecule has 7 aromatic rings. The summed E-state index contributed by atoms with van der Waals surface area (Å²) < 4.78 is 22.3. The zero-order valence-electron chi connectivity index (χ0n) is 31.7. The molecular formula is C47H47FGeIrN2O-2. The molecule has 0 saturated heterocycles. The summed E-state index contributed by atoms with van der Waals surface area (Å²) in [5.41, 5.74) is 10.0. The van der Waals surface area contributed by atoms with Gasteiger partial charge in [-0.25, -0.2) is 4.39 Å². The molecule has 0 aliphatic heterocycles. The molecule has 4 aromatic carbocycles. The molecule has 1 fully saturated rings. The van der Waals surface area contributed by atoms with E-state index in [1.54, 1.807) is 0 Å². The van der Waals surface area contributed by atoms with Crippen molar-refractivity contribution in [3.8, 4) is 33.6 Å². The molecule has 1 aliphatic rings. The Balaban J connectivity index is 0.000000238. The van der Waals surface area contributed by atoms with Crippen molar-refractivity contribution in [3.05, 3.63) is 138 Å². The minimum absolute atomic E-state index is 0. The van der Waals surface area contributed by atoms with Crippen LogP contribution in [0.25, 0.3) is 55.6 Å². The van der Waals surface area contributed by atoms with E-state index in [9.17, 15) is 4.39 Å². The minimum atomic E-state index is -1.72. The quantitative estimate of drug-likeness (QED) is 0.123. The molecule has 0 bridgehead atoms. The number of furan rings is 1. The Labute approximate surface area is 330 Å². The molecule has 6 heteroatoms. The number of aromatic nitrogens is 2. The maximum atomic E-state index is 14.5. The average molecular weight is 940 g/mol. The topological polar surface area (TPSA) is 38.9 Å². The van der Waals surface area contributed by atoms with E-state index in [0.29, 0.717) is 22.6 Å². The third kappa shape index (κ3) is 8.14. The number of benzene rings is 4. The molecule has 1 radical (unpaired) electrons. The van der Waals surface area contributed by atoms with Crippen LogP contribution < -0.4 is 4.40 Å². The second-order valence-electron chi connectivity index (χ2n) is 15.9. The summed E-state index contributed by atoms with van der Waals surface area (Å²) in [6.07, 6.45) is 9.18. The number of para-hydroxylation sites is 1. The van der Waals surface area contributed by atoms with Crippen molar-refractivity contribution in [1.29, 1.82) is 0 Å². The normalized spacial score (nSPS) is 13.5. The van der Waals surface area contributed by atoms with Crippen molar-refractivity contribution in [2.24, 2.45) is 5.92 Å². The maximum Gasteiger partial charge on any atom is 0 e. The van der Waals surface area contributed by atoms with E-state index in [0.717, 1.165) is 50.0 Å². The summed E-state index contributed by atoms with van der Waals surface area (Å²) in [5.74, 6) is 7.68. The number of nitrogens with zero attached hydrogens (tertiary/aromatic N) is 2. The van der Waals surface area contributed by atoms with E-state index in [-0.39, 0.29) is 31.3 Å². The van der Waals surface area contributed by atoms with Crippen LogP contribution in [-0.2, 0) is 25.5 Å². The number of pyridine rings is 2. The molecule has 0 amide bonds. The SMILES string of the molecule is Cc1cc(-c2cc(-c3cc(C(C)(C)C4CCCC4)ccn3)[c-]c3oc4ccccc4c23)cc(C)c1F.[CH3][Ge]([CH3])([CH3])[c]1ccc(-c2[c-]cccc2)nc1.[Ir]. The first-order valence-electron chi connectivity index (χ1n) is 18.5. The Hall–Kier alpha value is -3.90. The number of hydrogen-bond donors (Lipinski definition) is 0. The summed E-state index contributed by atoms with van der Waals surface area (Å²) in [6, 6.07) is 37.5. The molecule has 53 heavy (non-hydrogen) atoms. The monoisotopic (exact) mass is 941 g/mol. The van der Waals surface area contributed by atoms with Crippen LogP contribution in [0, 0.1) is 37.7 Å². The molecule has 273 valence electrons. The summed E-state index contributed by atoms with van der Waals surface area (Å²) in [6.45, 7) is 8.37. The number of halogens is 1. The number of hydrogen-bond acceptors (Lipinski definition) is 3. The Bertz CT molecular complexity index is 2330. The smallest absolute Gasteiger partial charge is 0 e. The van der Waals surface area contributed by atoms with Gasteiger partial charge >= 0.3 is 99.8 Å². The molecule has 8 rings (SSSR count). The Morgan fingerprint density at radius 1 is 0.811 bits per heavy atom. The van der Waals surface area contributed by atoms with Crippen molar-refractivity contribution in [2.45, 2.75) is 76.1 Å². The van der Waals surface area contributed by atoms with Crippen LogP contribution in [-0.4, -0.2) is 23.2 Å². The summed E-state index contributed by atoms with van der Waals surface area (Å²) in [4.78, 5) is 9.29. The Morgan fingerprint density at radius 2 is 1.53 bits per heavy atom. The first-order valence-corrected chi connectivity index (χ1v) is 25.8. The van der Waals surface area contributed by atoms with Crippen LogP contribution in [0.15, 0.2) is 108 Å². The van der Waals surface area contributed by atoms with Crippen LogP contribution in [0.2, 0.25) is 17.3 Å². The molecular weight excluding hydrogens is 892 g/mol. The van der Waals surface area contributed by atoms with Gasteiger partial charge in [-0.15, -0.1) is 11.6 Å². The molecule has 3 nitrogen and oxygen atoms in total. The molecule has 0 N–H and O–H groups in total. The Kier molecular flexibility index (Phi) is 11.6. The van der Waals surface area contributed by atoms with Crippen molar-refractivity contribution >= 4 is 39.6 Å². The number of aryl methyl sites for hydroxylation is 2. The minimum Gasteiger partial charge on any atom is 0 e. The van der Waals surface area contributed by atoms with Gasteiger partial charge in [0.25, 0.3) is 0 Å². The van der Waals surface area contributed by atoms with Crippen molar-refractivity contribution in [1.82, 2.24) is 9.97 Å². The van der Waals surface area contributed by atoms with E-state index in [1.165, 1.54) is 35.6 Å². The zero-order chi connectivity index (χ0) is 36.6. The third-order valence-corrected chi connectivity index (χ3v) is 15.2. The van der Waals surface area contributed by atoms with Gasteiger partial charge in [0.05, 0.1) is 5.58 Å². The second-order valence-corrected chi connectivity index (χ2v) is 26.6. The first kappa shape index (κ1) is 38.8. The maximum absolute atomic E-state index is 14.5. The van der Waals surface area contributed by atoms with Gasteiger partial charge in [0.15, 0.2) is 0 Å². The molecule has 3 heterocycles. The van der Waals surface area contributed by atoms with Crippen LogP contribution in [0.5, 0.6) is 0 Å². The number of fused-ring (bicyclic) bond motifs is 3.